The SMILES string of the molecule is Cc1ccc(C#CCC(NCP(=O)(Oc2ccccc2)Oc2ccccc2)c2nn[nH]n2)cc1. The number of nitrogens with one attached hydrogen (secondary N) is 2. The highest BCUT2D eigenvalue weighted by Crippen LogP contribution is 2.47. The number of aromatic amines is 1. The van der Waals surface area contributed by atoms with E-state index in [0.29, 0.717) is 23.7 Å². The number of nitrogens with zero attached hydrogens (tertiary/aromatic N) is 3. The van der Waals surface area contributed by atoms with Crippen LogP contribution in [0.5, 0.6) is 11.5 Å². The minimum atomic E-state index is -3.66. The predicted molar refractivity (Wildman–Crippen MR) is 129 cm³/mol. The monoisotopic (exact) mass is 473 g/mol. The summed E-state index contributed by atoms with van der Waals surface area (Å²) in [7, 11) is -3.66. The van der Waals surface area contributed by atoms with Gasteiger partial charge in [0.05, 0.1) is 6.04 Å². The largest absolute Gasteiger partial charge is 0.444 e. The van der Waals surface area contributed by atoms with Crippen molar-refractivity contribution in [2.45, 2.75) is 19.4 Å². The van der Waals surface area contributed by atoms with E-state index in [4.69, 9.17) is 9.05 Å². The molecule has 0 fully saturated rings. The van der Waals surface area contributed by atoms with Gasteiger partial charge in [0, 0.05) is 12.0 Å². The first-order chi connectivity index (χ1) is 16.6. The van der Waals surface area contributed by atoms with Gasteiger partial charge in [-0.15, -0.1) is 10.2 Å². The lowest BCUT2D eigenvalue weighted by Gasteiger charge is -2.22. The Kier molecular flexibility index (Phi) is 7.71. The molecule has 0 aliphatic rings. The summed E-state index contributed by atoms with van der Waals surface area (Å²) in [5.41, 5.74) is 2.08. The number of H-pyrrole nitrogens is 1. The number of rotatable bonds is 9. The zero-order chi connectivity index (χ0) is 23.6. The number of hydrogen-bond donors (Lipinski definition) is 2. The third-order valence-corrected chi connectivity index (χ3v) is 6.32. The van der Waals surface area contributed by atoms with Gasteiger partial charge in [-0.05, 0) is 43.3 Å². The first kappa shape index (κ1) is 23.2. The normalized spacial score (nSPS) is 11.8. The van der Waals surface area contributed by atoms with Crippen LogP contribution in [0.15, 0.2) is 84.9 Å². The van der Waals surface area contributed by atoms with E-state index in [2.05, 4.69) is 37.8 Å². The summed E-state index contributed by atoms with van der Waals surface area (Å²) in [4.78, 5) is 0. The molecule has 2 N–H and O–H groups in total. The van der Waals surface area contributed by atoms with Crippen molar-refractivity contribution in [3.8, 4) is 23.3 Å². The Hall–Kier alpha value is -3.92. The number of tetrazole rings is 1. The molecule has 1 unspecified atom stereocenters. The van der Waals surface area contributed by atoms with Crippen molar-refractivity contribution in [1.29, 1.82) is 0 Å². The molecule has 0 bridgehead atoms. The second-order valence-electron chi connectivity index (χ2n) is 7.48. The Morgan fingerprint density at radius 2 is 1.56 bits per heavy atom. The molecular weight excluding hydrogens is 449 g/mol. The number of para-hydroxylation sites is 2. The van der Waals surface area contributed by atoms with E-state index in [-0.39, 0.29) is 6.29 Å². The van der Waals surface area contributed by atoms with Crippen LogP contribution in [0.2, 0.25) is 0 Å². The van der Waals surface area contributed by atoms with Crippen LogP contribution in [0.1, 0.15) is 29.4 Å². The Morgan fingerprint density at radius 3 is 2.12 bits per heavy atom. The van der Waals surface area contributed by atoms with Gasteiger partial charge in [0.15, 0.2) is 5.82 Å². The maximum absolute atomic E-state index is 13.7. The molecular formula is C25H24N5O3P. The molecule has 0 radical (unpaired) electrons. The van der Waals surface area contributed by atoms with Crippen molar-refractivity contribution in [3.05, 3.63) is 102 Å². The molecule has 1 heterocycles. The van der Waals surface area contributed by atoms with E-state index in [0.717, 1.165) is 5.56 Å². The predicted octanol–water partition coefficient (Wildman–Crippen LogP) is 4.89. The van der Waals surface area contributed by atoms with Crippen LogP contribution in [-0.2, 0) is 4.57 Å². The summed E-state index contributed by atoms with van der Waals surface area (Å²) in [6.07, 6.45) is 0.270. The minimum Gasteiger partial charge on any atom is -0.415 e. The number of benzene rings is 3. The summed E-state index contributed by atoms with van der Waals surface area (Å²) < 4.78 is 25.4. The topological polar surface area (TPSA) is 102 Å². The minimum absolute atomic E-state index is 0.0950. The quantitative estimate of drug-likeness (QED) is 0.264. The van der Waals surface area contributed by atoms with E-state index in [1.807, 2.05) is 43.3 Å². The van der Waals surface area contributed by atoms with Gasteiger partial charge in [-0.2, -0.15) is 5.21 Å². The molecule has 1 aromatic heterocycles. The van der Waals surface area contributed by atoms with E-state index in [9.17, 15) is 4.57 Å². The van der Waals surface area contributed by atoms with Crippen LogP contribution < -0.4 is 14.4 Å². The fourth-order valence-corrected chi connectivity index (χ4v) is 4.55. The summed E-state index contributed by atoms with van der Waals surface area (Å²) in [6, 6.07) is 25.3. The Balaban J connectivity index is 1.51. The van der Waals surface area contributed by atoms with Crippen molar-refractivity contribution in [1.82, 2.24) is 25.9 Å². The maximum atomic E-state index is 13.7. The van der Waals surface area contributed by atoms with Crippen LogP contribution in [-0.4, -0.2) is 26.9 Å². The van der Waals surface area contributed by atoms with Gasteiger partial charge in [0.1, 0.15) is 17.8 Å². The lowest BCUT2D eigenvalue weighted by Crippen LogP contribution is -2.26. The van der Waals surface area contributed by atoms with Crippen LogP contribution >= 0.6 is 7.60 Å². The highest BCUT2D eigenvalue weighted by molar-refractivity contribution is 7.54. The summed E-state index contributed by atoms with van der Waals surface area (Å²) in [6.45, 7) is 2.03. The van der Waals surface area contributed by atoms with Crippen LogP contribution in [0.4, 0.5) is 0 Å². The standard InChI is InChI=1S/C25H24N5O3P/c1-20-15-17-21(18-16-20)9-8-14-24(25-27-29-30-28-25)26-19-34(31,32-22-10-4-2-5-11-22)33-23-12-6-3-7-13-23/h2-7,10-13,15-18,24,26H,14,19H2,1H3,(H,27,28,29,30). The van der Waals surface area contributed by atoms with Gasteiger partial charge in [-0.3, -0.25) is 5.32 Å². The summed E-state index contributed by atoms with van der Waals surface area (Å²) in [5, 5.41) is 17.4. The van der Waals surface area contributed by atoms with Crippen LogP contribution in [0.3, 0.4) is 0 Å². The van der Waals surface area contributed by atoms with Gasteiger partial charge < -0.3 is 9.05 Å². The third-order valence-electron chi connectivity index (χ3n) is 4.77. The molecule has 0 aliphatic carbocycles. The molecule has 1 atom stereocenters. The average molecular weight is 473 g/mol. The van der Waals surface area contributed by atoms with Crippen molar-refractivity contribution >= 4 is 7.60 Å². The van der Waals surface area contributed by atoms with Crippen molar-refractivity contribution in [2.24, 2.45) is 0 Å². The second kappa shape index (κ2) is 11.3. The molecule has 0 saturated heterocycles. The summed E-state index contributed by atoms with van der Waals surface area (Å²) >= 11 is 0. The molecule has 9 heteroatoms. The van der Waals surface area contributed by atoms with Crippen molar-refractivity contribution < 1.29 is 13.6 Å². The highest BCUT2D eigenvalue weighted by atomic mass is 31.2. The molecule has 3 aromatic carbocycles. The highest BCUT2D eigenvalue weighted by Gasteiger charge is 2.30. The summed E-state index contributed by atoms with van der Waals surface area (Å²) in [5.74, 6) is 7.57. The molecule has 34 heavy (non-hydrogen) atoms. The van der Waals surface area contributed by atoms with E-state index in [1.54, 1.807) is 48.5 Å². The first-order valence-corrected chi connectivity index (χ1v) is 12.4. The van der Waals surface area contributed by atoms with E-state index >= 15 is 0 Å². The van der Waals surface area contributed by atoms with E-state index < -0.39 is 13.6 Å². The van der Waals surface area contributed by atoms with Crippen molar-refractivity contribution in [3.63, 3.8) is 0 Å². The number of aromatic nitrogens is 4. The smallest absolute Gasteiger partial charge is 0.415 e. The van der Waals surface area contributed by atoms with Crippen LogP contribution in [0.25, 0.3) is 0 Å². The molecule has 8 nitrogen and oxygen atoms in total. The molecule has 0 amide bonds. The Morgan fingerprint density at radius 1 is 0.941 bits per heavy atom. The fraction of sp³-hybridized carbons (Fsp3) is 0.160. The maximum Gasteiger partial charge on any atom is 0.444 e. The fourth-order valence-electron chi connectivity index (χ4n) is 3.05. The first-order valence-electron chi connectivity index (χ1n) is 10.7. The third kappa shape index (κ3) is 6.79. The number of hydrogen-bond acceptors (Lipinski definition) is 7. The van der Waals surface area contributed by atoms with Crippen LogP contribution in [0, 0.1) is 18.8 Å². The molecule has 0 saturated carbocycles. The molecule has 0 aliphatic heterocycles. The number of aryl methyl sites for hydroxylation is 1. The molecule has 4 rings (SSSR count). The van der Waals surface area contributed by atoms with Gasteiger partial charge in [0.2, 0.25) is 0 Å². The lowest BCUT2D eigenvalue weighted by atomic mass is 10.1. The van der Waals surface area contributed by atoms with Gasteiger partial charge in [-0.25, -0.2) is 4.57 Å². The molecule has 4 aromatic rings. The molecule has 0 spiro atoms. The lowest BCUT2D eigenvalue weighted by molar-refractivity contribution is 0.375. The molecule has 172 valence electrons. The van der Waals surface area contributed by atoms with Gasteiger partial charge in [0.25, 0.3) is 0 Å². The Bertz CT molecular complexity index is 1230. The zero-order valence-electron chi connectivity index (χ0n) is 18.6. The van der Waals surface area contributed by atoms with Gasteiger partial charge >= 0.3 is 7.60 Å². The van der Waals surface area contributed by atoms with Crippen molar-refractivity contribution in [2.75, 3.05) is 6.29 Å². The van der Waals surface area contributed by atoms with E-state index in [1.165, 1.54) is 5.56 Å². The Labute approximate surface area is 198 Å². The average Bonchev–Trinajstić information content (AvgIpc) is 3.38. The van der Waals surface area contributed by atoms with Gasteiger partial charge in [-0.1, -0.05) is 71.1 Å². The zero-order valence-corrected chi connectivity index (χ0v) is 19.5. The second-order valence-corrected chi connectivity index (χ2v) is 9.38.